The first-order chi connectivity index (χ1) is 18.9. The number of anilines is 2. The molecule has 1 aliphatic carbocycles. The molecule has 3 amide bonds. The van der Waals surface area contributed by atoms with Gasteiger partial charge in [0.25, 0.3) is 0 Å². The van der Waals surface area contributed by atoms with E-state index in [2.05, 4.69) is 20.9 Å². The van der Waals surface area contributed by atoms with Crippen LogP contribution in [0.3, 0.4) is 0 Å². The fraction of sp³-hybridized carbons (Fsp3) is 0.276. The lowest BCUT2D eigenvalue weighted by atomic mass is 10.0. The SMILES string of the molecule is CC(=O)Nc1ccc(N(C(=O)Cn2nnc3ccccc32)[C@H](C(=O)NC2CCCC2)c2ccc(F)cc2)cc1. The van der Waals surface area contributed by atoms with Crippen molar-refractivity contribution >= 4 is 40.1 Å². The van der Waals surface area contributed by atoms with Crippen molar-refractivity contribution in [2.45, 2.75) is 51.2 Å². The molecule has 10 heteroatoms. The summed E-state index contributed by atoms with van der Waals surface area (Å²) >= 11 is 0. The van der Waals surface area contributed by atoms with Crippen LogP contribution in [-0.4, -0.2) is 38.8 Å². The number of para-hydroxylation sites is 1. The maximum atomic E-state index is 14.1. The molecule has 0 radical (unpaired) electrons. The Hall–Kier alpha value is -4.60. The van der Waals surface area contributed by atoms with Gasteiger partial charge in [0.15, 0.2) is 0 Å². The monoisotopic (exact) mass is 528 g/mol. The molecule has 1 aliphatic rings. The average molecular weight is 529 g/mol. The maximum absolute atomic E-state index is 14.1. The number of hydrogen-bond acceptors (Lipinski definition) is 5. The number of aromatic nitrogens is 3. The zero-order chi connectivity index (χ0) is 27.4. The third-order valence-corrected chi connectivity index (χ3v) is 6.83. The second-order valence-corrected chi connectivity index (χ2v) is 9.67. The smallest absolute Gasteiger partial charge is 0.249 e. The summed E-state index contributed by atoms with van der Waals surface area (Å²) in [6, 6.07) is 18.5. The highest BCUT2D eigenvalue weighted by molar-refractivity contribution is 6.02. The van der Waals surface area contributed by atoms with Crippen molar-refractivity contribution in [3.63, 3.8) is 0 Å². The lowest BCUT2D eigenvalue weighted by Crippen LogP contribution is -2.47. The van der Waals surface area contributed by atoms with Crippen molar-refractivity contribution in [2.24, 2.45) is 0 Å². The van der Waals surface area contributed by atoms with Crippen LogP contribution in [0.4, 0.5) is 15.8 Å². The number of carbonyl (C=O) groups excluding carboxylic acids is 3. The molecule has 9 nitrogen and oxygen atoms in total. The van der Waals surface area contributed by atoms with Crippen LogP contribution in [0.25, 0.3) is 11.0 Å². The Morgan fingerprint density at radius 1 is 1.00 bits per heavy atom. The van der Waals surface area contributed by atoms with Crippen molar-refractivity contribution in [3.8, 4) is 0 Å². The summed E-state index contributed by atoms with van der Waals surface area (Å²) in [5, 5.41) is 14.1. The molecule has 1 heterocycles. The van der Waals surface area contributed by atoms with Crippen molar-refractivity contribution in [1.82, 2.24) is 20.3 Å². The van der Waals surface area contributed by atoms with E-state index >= 15 is 0 Å². The fourth-order valence-corrected chi connectivity index (χ4v) is 5.00. The highest BCUT2D eigenvalue weighted by Gasteiger charge is 2.34. The van der Waals surface area contributed by atoms with Crippen LogP contribution in [0.15, 0.2) is 72.8 Å². The van der Waals surface area contributed by atoms with E-state index in [1.807, 2.05) is 18.2 Å². The molecule has 1 aromatic heterocycles. The van der Waals surface area contributed by atoms with E-state index in [0.29, 0.717) is 28.0 Å². The number of amides is 3. The lowest BCUT2D eigenvalue weighted by molar-refractivity contribution is -0.127. The molecule has 4 aromatic rings. The van der Waals surface area contributed by atoms with Crippen LogP contribution in [-0.2, 0) is 20.9 Å². The first-order valence-electron chi connectivity index (χ1n) is 12.9. The van der Waals surface area contributed by atoms with Crippen LogP contribution >= 0.6 is 0 Å². The first kappa shape index (κ1) is 26.0. The Kier molecular flexibility index (Phi) is 7.62. The highest BCUT2D eigenvalue weighted by atomic mass is 19.1. The van der Waals surface area contributed by atoms with Gasteiger partial charge in [-0.3, -0.25) is 19.3 Å². The second kappa shape index (κ2) is 11.4. The highest BCUT2D eigenvalue weighted by Crippen LogP contribution is 2.31. The molecule has 1 fully saturated rings. The van der Waals surface area contributed by atoms with Gasteiger partial charge >= 0.3 is 0 Å². The molecule has 0 bridgehead atoms. The third kappa shape index (κ3) is 5.95. The summed E-state index contributed by atoms with van der Waals surface area (Å²) in [4.78, 5) is 40.8. The molecule has 0 aliphatic heterocycles. The quantitative estimate of drug-likeness (QED) is 0.353. The number of hydrogen-bond donors (Lipinski definition) is 2. The average Bonchev–Trinajstić information content (AvgIpc) is 3.58. The minimum atomic E-state index is -1.07. The fourth-order valence-electron chi connectivity index (χ4n) is 5.00. The van der Waals surface area contributed by atoms with Crippen LogP contribution in [0.5, 0.6) is 0 Å². The minimum Gasteiger partial charge on any atom is -0.351 e. The molecule has 1 atom stereocenters. The van der Waals surface area contributed by atoms with Crippen LogP contribution < -0.4 is 15.5 Å². The van der Waals surface area contributed by atoms with Crippen molar-refractivity contribution in [1.29, 1.82) is 0 Å². The number of rotatable bonds is 8. The van der Waals surface area contributed by atoms with E-state index in [-0.39, 0.29) is 24.4 Å². The zero-order valence-electron chi connectivity index (χ0n) is 21.5. The summed E-state index contributed by atoms with van der Waals surface area (Å²) < 4.78 is 15.4. The van der Waals surface area contributed by atoms with Crippen molar-refractivity contribution < 1.29 is 18.8 Å². The van der Waals surface area contributed by atoms with Gasteiger partial charge in [-0.05, 0) is 66.9 Å². The van der Waals surface area contributed by atoms with E-state index in [1.165, 1.54) is 40.8 Å². The molecule has 0 unspecified atom stereocenters. The normalized spacial score (nSPS) is 14.2. The van der Waals surface area contributed by atoms with E-state index in [1.54, 1.807) is 30.3 Å². The number of carbonyl (C=O) groups is 3. The Bertz CT molecular complexity index is 1480. The molecule has 0 spiro atoms. The van der Waals surface area contributed by atoms with Gasteiger partial charge in [-0.2, -0.15) is 0 Å². The van der Waals surface area contributed by atoms with Crippen molar-refractivity contribution in [3.05, 3.63) is 84.2 Å². The Morgan fingerprint density at radius 3 is 2.38 bits per heavy atom. The Labute approximate surface area is 225 Å². The predicted molar refractivity (Wildman–Crippen MR) is 145 cm³/mol. The van der Waals surface area contributed by atoms with Crippen LogP contribution in [0.1, 0.15) is 44.2 Å². The molecular weight excluding hydrogens is 499 g/mol. The van der Waals surface area contributed by atoms with Gasteiger partial charge in [0.1, 0.15) is 23.9 Å². The summed E-state index contributed by atoms with van der Waals surface area (Å²) in [7, 11) is 0. The minimum absolute atomic E-state index is 0.0128. The Morgan fingerprint density at radius 2 is 1.69 bits per heavy atom. The van der Waals surface area contributed by atoms with Crippen LogP contribution in [0.2, 0.25) is 0 Å². The summed E-state index contributed by atoms with van der Waals surface area (Å²) in [6.07, 6.45) is 3.79. The van der Waals surface area contributed by atoms with Gasteiger partial charge in [-0.15, -0.1) is 5.10 Å². The molecule has 3 aromatic carbocycles. The summed E-state index contributed by atoms with van der Waals surface area (Å²) in [6.45, 7) is 1.23. The van der Waals surface area contributed by atoms with E-state index in [0.717, 1.165) is 25.7 Å². The zero-order valence-corrected chi connectivity index (χ0v) is 21.5. The summed E-state index contributed by atoms with van der Waals surface area (Å²) in [5.41, 5.74) is 2.78. The first-order valence-corrected chi connectivity index (χ1v) is 12.9. The van der Waals surface area contributed by atoms with Gasteiger partial charge < -0.3 is 10.6 Å². The third-order valence-electron chi connectivity index (χ3n) is 6.83. The van der Waals surface area contributed by atoms with Gasteiger partial charge in [0.2, 0.25) is 17.7 Å². The molecule has 0 saturated heterocycles. The molecule has 2 N–H and O–H groups in total. The second-order valence-electron chi connectivity index (χ2n) is 9.67. The maximum Gasteiger partial charge on any atom is 0.249 e. The van der Waals surface area contributed by atoms with Gasteiger partial charge in [-0.25, -0.2) is 9.07 Å². The largest absolute Gasteiger partial charge is 0.351 e. The molecule has 200 valence electrons. The van der Waals surface area contributed by atoms with E-state index in [9.17, 15) is 18.8 Å². The molecule has 1 saturated carbocycles. The standard InChI is InChI=1S/C29H29FN6O3/c1-19(37)31-23-14-16-24(17-15-23)36(27(38)18-35-26-9-5-4-8-25(26)33-34-35)28(20-10-12-21(30)13-11-20)29(39)32-22-6-2-3-7-22/h4-5,8-17,22,28H,2-3,6-7,18H2,1H3,(H,31,37)(H,32,39)/t28-/m0/s1. The molecule has 39 heavy (non-hydrogen) atoms. The lowest BCUT2D eigenvalue weighted by Gasteiger charge is -2.32. The molecule has 5 rings (SSSR count). The van der Waals surface area contributed by atoms with Gasteiger partial charge in [0.05, 0.1) is 5.52 Å². The number of fused-ring (bicyclic) bond motifs is 1. The van der Waals surface area contributed by atoms with Crippen LogP contribution in [0, 0.1) is 5.82 Å². The summed E-state index contributed by atoms with van der Waals surface area (Å²) in [5.74, 6) is -1.43. The van der Waals surface area contributed by atoms with Gasteiger partial charge in [0, 0.05) is 24.3 Å². The topological polar surface area (TPSA) is 109 Å². The number of nitrogens with one attached hydrogen (secondary N) is 2. The van der Waals surface area contributed by atoms with Crippen molar-refractivity contribution in [2.75, 3.05) is 10.2 Å². The Balaban J connectivity index is 1.56. The van der Waals surface area contributed by atoms with E-state index in [4.69, 9.17) is 0 Å². The molecular formula is C29H29FN6O3. The number of benzene rings is 3. The number of halogens is 1. The van der Waals surface area contributed by atoms with E-state index < -0.39 is 17.8 Å². The van der Waals surface area contributed by atoms with Gasteiger partial charge in [-0.1, -0.05) is 42.3 Å². The predicted octanol–water partition coefficient (Wildman–Crippen LogP) is 4.36. The number of nitrogens with zero attached hydrogens (tertiary/aromatic N) is 4.